The molecule has 110 valence electrons. The number of carbonyl (C=O) groups is 1. The van der Waals surface area contributed by atoms with Crippen LogP contribution in [-0.4, -0.2) is 29.2 Å². The Balaban J connectivity index is 2.20. The maximum Gasteiger partial charge on any atom is 0.410 e. The first-order chi connectivity index (χ1) is 9.28. The zero-order chi connectivity index (χ0) is 14.9. The molecular formula is C15H21BrN2O2. The quantitative estimate of drug-likeness (QED) is 0.851. The maximum atomic E-state index is 12.3. The van der Waals surface area contributed by atoms with Crippen LogP contribution in [0.2, 0.25) is 0 Å². The summed E-state index contributed by atoms with van der Waals surface area (Å²) in [4.78, 5) is 14.0. The number of halogens is 1. The van der Waals surface area contributed by atoms with E-state index in [0.717, 1.165) is 16.5 Å². The third-order valence-corrected chi connectivity index (χ3v) is 3.81. The van der Waals surface area contributed by atoms with Crippen molar-refractivity contribution in [1.82, 2.24) is 4.90 Å². The van der Waals surface area contributed by atoms with Crippen molar-refractivity contribution in [3.05, 3.63) is 34.3 Å². The van der Waals surface area contributed by atoms with Gasteiger partial charge in [-0.2, -0.15) is 0 Å². The summed E-state index contributed by atoms with van der Waals surface area (Å²) in [7, 11) is 0. The smallest absolute Gasteiger partial charge is 0.410 e. The van der Waals surface area contributed by atoms with Crippen molar-refractivity contribution in [2.45, 2.75) is 44.9 Å². The Morgan fingerprint density at radius 3 is 2.50 bits per heavy atom. The molecule has 0 aliphatic carbocycles. The molecule has 0 radical (unpaired) electrons. The third kappa shape index (κ3) is 3.52. The molecule has 0 aromatic heterocycles. The molecular weight excluding hydrogens is 320 g/mol. The molecule has 5 heteroatoms. The second-order valence-electron chi connectivity index (χ2n) is 6.12. The molecule has 0 saturated carbocycles. The van der Waals surface area contributed by atoms with Crippen LogP contribution in [0.15, 0.2) is 28.7 Å². The molecule has 0 spiro atoms. The summed E-state index contributed by atoms with van der Waals surface area (Å²) in [6.45, 7) is 6.25. The Bertz CT molecular complexity index is 482. The lowest BCUT2D eigenvalue weighted by Gasteiger charge is -2.30. The van der Waals surface area contributed by atoms with E-state index >= 15 is 0 Å². The molecule has 0 bridgehead atoms. The standard InChI is InChI=1S/C15H21BrN2O2/c1-15(2,3)20-14(19)18-9-8-12(17)13(18)10-4-6-11(16)7-5-10/h4-7,12-13H,8-9,17H2,1-3H3. The highest BCUT2D eigenvalue weighted by atomic mass is 79.9. The average Bonchev–Trinajstić information content (AvgIpc) is 2.70. The van der Waals surface area contributed by atoms with Gasteiger partial charge < -0.3 is 10.5 Å². The molecule has 2 N–H and O–H groups in total. The van der Waals surface area contributed by atoms with Crippen LogP contribution in [0.4, 0.5) is 4.79 Å². The van der Waals surface area contributed by atoms with Crippen LogP contribution in [0.5, 0.6) is 0 Å². The minimum atomic E-state index is -0.492. The van der Waals surface area contributed by atoms with Crippen molar-refractivity contribution < 1.29 is 9.53 Å². The largest absolute Gasteiger partial charge is 0.444 e. The molecule has 1 aliphatic rings. The van der Waals surface area contributed by atoms with Crippen LogP contribution in [0.1, 0.15) is 38.8 Å². The zero-order valence-electron chi connectivity index (χ0n) is 12.1. The Morgan fingerprint density at radius 2 is 1.95 bits per heavy atom. The van der Waals surface area contributed by atoms with Gasteiger partial charge in [-0.05, 0) is 44.9 Å². The zero-order valence-corrected chi connectivity index (χ0v) is 13.7. The van der Waals surface area contributed by atoms with E-state index in [0.29, 0.717) is 6.54 Å². The number of carbonyl (C=O) groups excluding carboxylic acids is 1. The highest BCUT2D eigenvalue weighted by molar-refractivity contribution is 9.10. The van der Waals surface area contributed by atoms with Crippen LogP contribution in [0, 0.1) is 0 Å². The highest BCUT2D eigenvalue weighted by Gasteiger charge is 2.38. The first kappa shape index (κ1) is 15.3. The van der Waals surface area contributed by atoms with E-state index in [2.05, 4.69) is 15.9 Å². The minimum absolute atomic E-state index is 0.0521. The minimum Gasteiger partial charge on any atom is -0.444 e. The van der Waals surface area contributed by atoms with Gasteiger partial charge in [0.1, 0.15) is 5.60 Å². The summed E-state index contributed by atoms with van der Waals surface area (Å²) in [5.41, 5.74) is 6.73. The molecule has 1 aromatic carbocycles. The van der Waals surface area contributed by atoms with Gasteiger partial charge in [-0.25, -0.2) is 4.79 Å². The monoisotopic (exact) mass is 340 g/mol. The van der Waals surface area contributed by atoms with E-state index in [1.54, 1.807) is 4.90 Å². The Morgan fingerprint density at radius 1 is 1.35 bits per heavy atom. The summed E-state index contributed by atoms with van der Waals surface area (Å²) in [6.07, 6.45) is 0.498. The predicted octanol–water partition coefficient (Wildman–Crippen LogP) is 3.46. The summed E-state index contributed by atoms with van der Waals surface area (Å²) in [6, 6.07) is 7.76. The van der Waals surface area contributed by atoms with E-state index in [4.69, 9.17) is 10.5 Å². The molecule has 2 atom stereocenters. The van der Waals surface area contributed by atoms with E-state index < -0.39 is 5.60 Å². The van der Waals surface area contributed by atoms with Crippen molar-refractivity contribution in [3.8, 4) is 0 Å². The number of nitrogens with two attached hydrogens (primary N) is 1. The predicted molar refractivity (Wildman–Crippen MR) is 82.4 cm³/mol. The number of hydrogen-bond donors (Lipinski definition) is 1. The van der Waals surface area contributed by atoms with Crippen LogP contribution >= 0.6 is 15.9 Å². The van der Waals surface area contributed by atoms with Crippen LogP contribution in [0.3, 0.4) is 0 Å². The van der Waals surface area contributed by atoms with Crippen molar-refractivity contribution >= 4 is 22.0 Å². The normalized spacial score (nSPS) is 22.9. The number of likely N-dealkylation sites (tertiary alicyclic amines) is 1. The molecule has 1 fully saturated rings. The number of rotatable bonds is 1. The number of ether oxygens (including phenoxy) is 1. The van der Waals surface area contributed by atoms with Gasteiger partial charge in [0.2, 0.25) is 0 Å². The van der Waals surface area contributed by atoms with Gasteiger partial charge in [0.25, 0.3) is 0 Å². The van der Waals surface area contributed by atoms with Crippen molar-refractivity contribution in [2.24, 2.45) is 5.73 Å². The SMILES string of the molecule is CC(C)(C)OC(=O)N1CCC(N)C1c1ccc(Br)cc1. The lowest BCUT2D eigenvalue weighted by molar-refractivity contribution is 0.0218. The lowest BCUT2D eigenvalue weighted by Crippen LogP contribution is -2.39. The number of hydrogen-bond acceptors (Lipinski definition) is 3. The van der Waals surface area contributed by atoms with Gasteiger partial charge in [-0.15, -0.1) is 0 Å². The van der Waals surface area contributed by atoms with Crippen molar-refractivity contribution in [2.75, 3.05) is 6.54 Å². The van der Waals surface area contributed by atoms with E-state index in [1.165, 1.54) is 0 Å². The van der Waals surface area contributed by atoms with Crippen LogP contribution in [0.25, 0.3) is 0 Å². The van der Waals surface area contributed by atoms with E-state index in [9.17, 15) is 4.79 Å². The van der Waals surface area contributed by atoms with Gasteiger partial charge in [-0.1, -0.05) is 28.1 Å². The molecule has 1 amide bonds. The summed E-state index contributed by atoms with van der Waals surface area (Å²) >= 11 is 3.42. The molecule has 20 heavy (non-hydrogen) atoms. The third-order valence-electron chi connectivity index (χ3n) is 3.28. The fourth-order valence-electron chi connectivity index (χ4n) is 2.43. The van der Waals surface area contributed by atoms with Gasteiger partial charge >= 0.3 is 6.09 Å². The van der Waals surface area contributed by atoms with Gasteiger partial charge in [0.15, 0.2) is 0 Å². The van der Waals surface area contributed by atoms with E-state index in [-0.39, 0.29) is 18.2 Å². The second kappa shape index (κ2) is 5.74. The molecule has 1 aromatic rings. The summed E-state index contributed by atoms with van der Waals surface area (Å²) < 4.78 is 6.48. The van der Waals surface area contributed by atoms with Crippen molar-refractivity contribution in [1.29, 1.82) is 0 Å². The van der Waals surface area contributed by atoms with Crippen molar-refractivity contribution in [3.63, 3.8) is 0 Å². The maximum absolute atomic E-state index is 12.3. The Hall–Kier alpha value is -1.07. The first-order valence-electron chi connectivity index (χ1n) is 6.78. The van der Waals surface area contributed by atoms with Gasteiger partial charge in [0.05, 0.1) is 6.04 Å². The number of amides is 1. The second-order valence-corrected chi connectivity index (χ2v) is 7.04. The topological polar surface area (TPSA) is 55.6 Å². The Kier molecular flexibility index (Phi) is 4.39. The van der Waals surface area contributed by atoms with Crippen LogP contribution < -0.4 is 5.73 Å². The van der Waals surface area contributed by atoms with E-state index in [1.807, 2.05) is 45.0 Å². The highest BCUT2D eigenvalue weighted by Crippen LogP contribution is 2.33. The lowest BCUT2D eigenvalue weighted by atomic mass is 10.0. The fourth-order valence-corrected chi connectivity index (χ4v) is 2.69. The molecule has 4 nitrogen and oxygen atoms in total. The first-order valence-corrected chi connectivity index (χ1v) is 7.58. The fraction of sp³-hybridized carbons (Fsp3) is 0.533. The van der Waals surface area contributed by atoms with Crippen LogP contribution in [-0.2, 0) is 4.74 Å². The summed E-state index contributed by atoms with van der Waals surface area (Å²) in [5.74, 6) is 0. The molecule has 2 unspecified atom stereocenters. The molecule has 2 rings (SSSR count). The number of nitrogens with zero attached hydrogens (tertiary/aromatic N) is 1. The molecule has 1 heterocycles. The average molecular weight is 341 g/mol. The van der Waals surface area contributed by atoms with Gasteiger partial charge in [-0.3, -0.25) is 4.90 Å². The number of benzene rings is 1. The molecule has 1 aliphatic heterocycles. The Labute approximate surface area is 128 Å². The van der Waals surface area contributed by atoms with Gasteiger partial charge in [0, 0.05) is 17.1 Å². The summed E-state index contributed by atoms with van der Waals surface area (Å²) in [5, 5.41) is 0. The molecule has 1 saturated heterocycles.